The fraction of sp³-hybridized carbons (Fsp3) is 0.278. The highest BCUT2D eigenvalue weighted by atomic mass is 35.5. The van der Waals surface area contributed by atoms with Gasteiger partial charge < -0.3 is 10.5 Å². The maximum absolute atomic E-state index is 10.9. The van der Waals surface area contributed by atoms with E-state index in [2.05, 4.69) is 34.2 Å². The van der Waals surface area contributed by atoms with Crippen LogP contribution in [0.4, 0.5) is 4.79 Å². The number of halogens is 1. The largest absolute Gasteiger partial charge is 0.444 e. The predicted molar refractivity (Wildman–Crippen MR) is 101 cm³/mol. The van der Waals surface area contributed by atoms with Gasteiger partial charge >= 0.3 is 6.09 Å². The number of aryl methyl sites for hydroxylation is 1. The lowest BCUT2D eigenvalue weighted by Gasteiger charge is -2.23. The molecule has 0 saturated carbocycles. The number of nitrogens with zero attached hydrogens (tertiary/aromatic N) is 2. The first-order valence-corrected chi connectivity index (χ1v) is 9.02. The Morgan fingerprint density at radius 3 is 2.84 bits per heavy atom. The van der Waals surface area contributed by atoms with Crippen molar-refractivity contribution in [2.75, 3.05) is 0 Å². The molecule has 0 aliphatic heterocycles. The molecule has 2 N–H and O–H groups in total. The average molecular weight is 376 g/mol. The summed E-state index contributed by atoms with van der Waals surface area (Å²) in [4.78, 5) is 20.2. The van der Waals surface area contributed by atoms with Crippen LogP contribution in [0.15, 0.2) is 36.5 Å². The number of aromatic nitrogens is 2. The van der Waals surface area contributed by atoms with E-state index in [0.717, 1.165) is 22.4 Å². The number of rotatable bonds is 5. The van der Waals surface area contributed by atoms with E-state index in [4.69, 9.17) is 22.1 Å². The van der Waals surface area contributed by atoms with Gasteiger partial charge in [0.05, 0.1) is 10.6 Å². The molecule has 0 aliphatic rings. The van der Waals surface area contributed by atoms with Gasteiger partial charge in [-0.15, -0.1) is 11.3 Å². The summed E-state index contributed by atoms with van der Waals surface area (Å²) in [6.45, 7) is 3.72. The lowest BCUT2D eigenvalue weighted by molar-refractivity contribution is 0.0394. The highest BCUT2D eigenvalue weighted by Gasteiger charge is 2.21. The van der Waals surface area contributed by atoms with Crippen LogP contribution >= 0.6 is 22.9 Å². The molecule has 0 fully saturated rings. The van der Waals surface area contributed by atoms with Crippen molar-refractivity contribution in [3.8, 4) is 10.6 Å². The first kappa shape index (κ1) is 17.6. The number of fused-ring (bicyclic) bond motifs is 1. The summed E-state index contributed by atoms with van der Waals surface area (Å²) >= 11 is 7.54. The van der Waals surface area contributed by atoms with Crippen molar-refractivity contribution in [3.05, 3.63) is 47.4 Å². The van der Waals surface area contributed by atoms with Crippen LogP contribution in [0.1, 0.15) is 25.8 Å². The molecule has 3 aromatic rings. The van der Waals surface area contributed by atoms with Gasteiger partial charge in [-0.2, -0.15) is 0 Å². The topological polar surface area (TPSA) is 78.1 Å². The Kier molecular flexibility index (Phi) is 4.92. The number of benzene rings is 1. The average Bonchev–Trinajstić information content (AvgIpc) is 2.95. The summed E-state index contributed by atoms with van der Waals surface area (Å²) in [5.74, 6) is 0. The highest BCUT2D eigenvalue weighted by Crippen LogP contribution is 2.33. The van der Waals surface area contributed by atoms with E-state index in [-0.39, 0.29) is 5.28 Å². The van der Waals surface area contributed by atoms with Crippen LogP contribution in [-0.4, -0.2) is 21.7 Å². The van der Waals surface area contributed by atoms with E-state index in [1.807, 2.05) is 19.9 Å². The summed E-state index contributed by atoms with van der Waals surface area (Å²) in [6, 6.07) is 10.3. The molecule has 1 aromatic carbocycles. The van der Waals surface area contributed by atoms with Crippen molar-refractivity contribution in [2.45, 2.75) is 32.3 Å². The molecule has 5 nitrogen and oxygen atoms in total. The minimum absolute atomic E-state index is 0.243. The summed E-state index contributed by atoms with van der Waals surface area (Å²) < 4.78 is 6.31. The van der Waals surface area contributed by atoms with Crippen molar-refractivity contribution in [1.82, 2.24) is 9.97 Å². The molecule has 0 radical (unpaired) electrons. The summed E-state index contributed by atoms with van der Waals surface area (Å²) in [5.41, 5.74) is 6.53. The maximum atomic E-state index is 10.9. The second-order valence-electron chi connectivity index (χ2n) is 6.37. The normalized spacial score (nSPS) is 11.6. The molecule has 0 unspecified atom stereocenters. The van der Waals surface area contributed by atoms with Crippen molar-refractivity contribution in [2.24, 2.45) is 5.73 Å². The zero-order valence-electron chi connectivity index (χ0n) is 14.0. The molecule has 0 bridgehead atoms. The van der Waals surface area contributed by atoms with Gasteiger partial charge in [-0.05, 0) is 67.4 Å². The molecule has 0 atom stereocenters. The van der Waals surface area contributed by atoms with Gasteiger partial charge in [0.15, 0.2) is 0 Å². The van der Waals surface area contributed by atoms with Crippen LogP contribution in [0.5, 0.6) is 0 Å². The smallest absolute Gasteiger partial charge is 0.405 e. The van der Waals surface area contributed by atoms with E-state index in [1.165, 1.54) is 10.3 Å². The van der Waals surface area contributed by atoms with Gasteiger partial charge in [0, 0.05) is 10.9 Å². The molecule has 0 spiro atoms. The van der Waals surface area contributed by atoms with Crippen LogP contribution in [0, 0.1) is 0 Å². The number of amides is 1. The van der Waals surface area contributed by atoms with E-state index in [1.54, 1.807) is 17.5 Å². The lowest BCUT2D eigenvalue weighted by Crippen LogP contribution is -2.31. The summed E-state index contributed by atoms with van der Waals surface area (Å²) in [6.07, 6.45) is 2.40. The molecule has 1 amide bonds. The van der Waals surface area contributed by atoms with Gasteiger partial charge in [0.1, 0.15) is 5.60 Å². The monoisotopic (exact) mass is 375 g/mol. The van der Waals surface area contributed by atoms with Gasteiger partial charge in [0.2, 0.25) is 5.28 Å². The van der Waals surface area contributed by atoms with E-state index in [0.29, 0.717) is 6.42 Å². The van der Waals surface area contributed by atoms with Gasteiger partial charge in [-0.1, -0.05) is 12.1 Å². The molecule has 0 aliphatic carbocycles. The number of nitrogens with two attached hydrogens (primary N) is 1. The molecule has 25 heavy (non-hydrogen) atoms. The molecular formula is C18H18ClN3O2S. The summed E-state index contributed by atoms with van der Waals surface area (Å²) in [5, 5.41) is 1.40. The third-order valence-corrected chi connectivity index (χ3v) is 5.16. The van der Waals surface area contributed by atoms with E-state index < -0.39 is 11.7 Å². The molecule has 2 aromatic heterocycles. The SMILES string of the molecule is CC(C)(CCc1ccc2cc(-c3ccnc(Cl)n3)sc2c1)OC(N)=O. The third kappa shape index (κ3) is 4.46. The minimum atomic E-state index is -0.744. The first-order valence-electron chi connectivity index (χ1n) is 7.82. The standard InChI is InChI=1S/C18H18ClN3O2S/c1-18(2,24-17(20)23)7-5-11-3-4-12-10-15(25-14(12)9-11)13-6-8-21-16(19)22-13/h3-4,6,8-10H,5,7H2,1-2H3,(H2,20,23). The predicted octanol–water partition coefficient (Wildman–Crippen LogP) is 4.82. The van der Waals surface area contributed by atoms with E-state index >= 15 is 0 Å². The van der Waals surface area contributed by atoms with Crippen LogP contribution < -0.4 is 5.73 Å². The van der Waals surface area contributed by atoms with E-state index in [9.17, 15) is 4.79 Å². The summed E-state index contributed by atoms with van der Waals surface area (Å²) in [7, 11) is 0. The quantitative estimate of drug-likeness (QED) is 0.648. The molecular weight excluding hydrogens is 358 g/mol. The lowest BCUT2D eigenvalue weighted by atomic mass is 9.98. The molecule has 2 heterocycles. The van der Waals surface area contributed by atoms with Crippen molar-refractivity contribution >= 4 is 39.1 Å². The Hall–Kier alpha value is -2.18. The second kappa shape index (κ2) is 6.98. The number of carbonyl (C=O) groups excluding carboxylic acids is 1. The molecule has 7 heteroatoms. The number of hydrogen-bond acceptors (Lipinski definition) is 5. The van der Waals surface area contributed by atoms with Crippen molar-refractivity contribution in [3.63, 3.8) is 0 Å². The van der Waals surface area contributed by atoms with Crippen LogP contribution in [-0.2, 0) is 11.2 Å². The molecule has 0 saturated heterocycles. The van der Waals surface area contributed by atoms with Crippen LogP contribution in [0.2, 0.25) is 5.28 Å². The minimum Gasteiger partial charge on any atom is -0.444 e. The molecule has 130 valence electrons. The zero-order valence-corrected chi connectivity index (χ0v) is 15.5. The van der Waals surface area contributed by atoms with Crippen LogP contribution in [0.25, 0.3) is 20.7 Å². The second-order valence-corrected chi connectivity index (χ2v) is 7.80. The van der Waals surface area contributed by atoms with Crippen LogP contribution in [0.3, 0.4) is 0 Å². The zero-order chi connectivity index (χ0) is 18.0. The highest BCUT2D eigenvalue weighted by molar-refractivity contribution is 7.22. The molecule has 3 rings (SSSR count). The Balaban J connectivity index is 1.80. The number of hydrogen-bond donors (Lipinski definition) is 1. The number of thiophene rings is 1. The number of ether oxygens (including phenoxy) is 1. The van der Waals surface area contributed by atoms with Crippen molar-refractivity contribution in [1.29, 1.82) is 0 Å². The maximum Gasteiger partial charge on any atom is 0.405 e. The Labute approximate surface area is 154 Å². The third-order valence-electron chi connectivity index (χ3n) is 3.86. The van der Waals surface area contributed by atoms with Gasteiger partial charge in [-0.3, -0.25) is 0 Å². The Bertz CT molecular complexity index is 924. The van der Waals surface area contributed by atoms with Crippen molar-refractivity contribution < 1.29 is 9.53 Å². The fourth-order valence-electron chi connectivity index (χ4n) is 2.60. The Morgan fingerprint density at radius 1 is 1.32 bits per heavy atom. The Morgan fingerprint density at radius 2 is 2.12 bits per heavy atom. The fourth-order valence-corrected chi connectivity index (χ4v) is 3.84. The number of carbonyl (C=O) groups is 1. The van der Waals surface area contributed by atoms with Gasteiger partial charge in [0.25, 0.3) is 0 Å². The van der Waals surface area contributed by atoms with Gasteiger partial charge in [-0.25, -0.2) is 14.8 Å². The number of primary amides is 1. The first-order chi connectivity index (χ1) is 11.8.